The molecule has 0 spiro atoms. The molecule has 0 heterocycles. The fourth-order valence-corrected chi connectivity index (χ4v) is 6.22. The average Bonchev–Trinajstić information content (AvgIpc) is 3.67. The lowest BCUT2D eigenvalue weighted by Crippen LogP contribution is -2.50. The van der Waals surface area contributed by atoms with E-state index in [2.05, 4.69) is 57.6 Å². The maximum atomic E-state index is 12.9. The van der Waals surface area contributed by atoms with E-state index in [1.54, 1.807) is 6.92 Å². The van der Waals surface area contributed by atoms with Crippen LogP contribution in [0.25, 0.3) is 0 Å². The van der Waals surface area contributed by atoms with Crippen molar-refractivity contribution in [1.82, 2.24) is 8.85 Å². The Balaban J connectivity index is 2.42. The van der Waals surface area contributed by atoms with Crippen molar-refractivity contribution < 1.29 is 23.9 Å². The molecule has 0 aromatic carbocycles. The molecule has 0 saturated heterocycles. The second-order valence-electron chi connectivity index (χ2n) is 10.7. The molecule has 8 nitrogen and oxygen atoms in total. The largest absolute Gasteiger partial charge is 0.379 e. The Bertz CT molecular complexity index is 777. The van der Waals surface area contributed by atoms with Gasteiger partial charge in [0.25, 0.3) is 0 Å². The summed E-state index contributed by atoms with van der Waals surface area (Å²) in [5, 5.41) is 2.83. The first-order valence-corrected chi connectivity index (χ1v) is 16.4. The van der Waals surface area contributed by atoms with Crippen LogP contribution >= 0.6 is 45.5 Å². The summed E-state index contributed by atoms with van der Waals surface area (Å²) in [4.78, 5) is 36.6. The second kappa shape index (κ2) is 20.3. The topological polar surface area (TPSA) is 120 Å². The van der Waals surface area contributed by atoms with Gasteiger partial charge in [0.1, 0.15) is 11.8 Å². The Morgan fingerprint density at radius 3 is 2.10 bits per heavy atom. The van der Waals surface area contributed by atoms with E-state index >= 15 is 0 Å². The molecule has 0 radical (unpaired) electrons. The minimum Gasteiger partial charge on any atom is -0.379 e. The summed E-state index contributed by atoms with van der Waals surface area (Å²) in [7, 11) is 0. The highest BCUT2D eigenvalue weighted by Crippen LogP contribution is 2.54. The van der Waals surface area contributed by atoms with Gasteiger partial charge in [0.2, 0.25) is 11.8 Å². The van der Waals surface area contributed by atoms with Crippen molar-refractivity contribution in [2.24, 2.45) is 23.0 Å². The molecular formula is C29H49I2N3O5. The number of halogens is 2. The van der Waals surface area contributed by atoms with Crippen LogP contribution in [0.4, 0.5) is 0 Å². The summed E-state index contributed by atoms with van der Waals surface area (Å²) in [6.07, 6.45) is 11.5. The number of ether oxygens (including phenoxy) is 2. The van der Waals surface area contributed by atoms with E-state index in [-0.39, 0.29) is 23.0 Å². The Morgan fingerprint density at radius 2 is 1.59 bits per heavy atom. The summed E-state index contributed by atoms with van der Waals surface area (Å²) in [6.45, 7) is 14.4. The van der Waals surface area contributed by atoms with Gasteiger partial charge in [0.15, 0.2) is 0 Å². The molecule has 1 rings (SSSR count). The number of amides is 2. The number of hydrogen-bond acceptors (Lipinski definition) is 6. The molecule has 1 fully saturated rings. The monoisotopic (exact) mass is 773 g/mol. The molecule has 1 aliphatic rings. The number of hydrogen-bond donors (Lipinski definition) is 3. The zero-order valence-corrected chi connectivity index (χ0v) is 28.1. The molecule has 0 aromatic heterocycles. The highest BCUT2D eigenvalue weighted by Gasteiger charge is 2.47. The third-order valence-electron chi connectivity index (χ3n) is 7.54. The van der Waals surface area contributed by atoms with Gasteiger partial charge in [-0.2, -0.15) is 0 Å². The zero-order chi connectivity index (χ0) is 29.3. The molecule has 4 unspecified atom stereocenters. The number of allylic oxidation sites excluding steroid dienone is 2. The van der Waals surface area contributed by atoms with Crippen LogP contribution in [0.15, 0.2) is 22.8 Å². The Morgan fingerprint density at radius 1 is 1.00 bits per heavy atom. The van der Waals surface area contributed by atoms with Gasteiger partial charge < -0.3 is 20.5 Å². The Kier molecular flexibility index (Phi) is 19.0. The summed E-state index contributed by atoms with van der Waals surface area (Å²) in [5.41, 5.74) is 5.78. The highest BCUT2D eigenvalue weighted by molar-refractivity contribution is 14.1. The molecule has 39 heavy (non-hydrogen) atoms. The Labute approximate surface area is 263 Å². The van der Waals surface area contributed by atoms with Crippen LogP contribution in [0, 0.1) is 17.3 Å². The van der Waals surface area contributed by atoms with Crippen molar-refractivity contribution in [3.63, 3.8) is 0 Å². The first-order valence-electron chi connectivity index (χ1n) is 14.2. The fourth-order valence-electron chi connectivity index (χ4n) is 4.88. The van der Waals surface area contributed by atoms with E-state index in [1.165, 1.54) is 0 Å². The molecule has 0 aliphatic heterocycles. The van der Waals surface area contributed by atoms with Crippen LogP contribution in [-0.2, 0) is 23.9 Å². The molecule has 2 amide bonds. The molecule has 0 aromatic rings. The third kappa shape index (κ3) is 14.2. The zero-order valence-electron chi connectivity index (χ0n) is 23.8. The van der Waals surface area contributed by atoms with Crippen LogP contribution in [-0.4, -0.2) is 56.1 Å². The summed E-state index contributed by atoms with van der Waals surface area (Å²) in [6, 6.07) is -1.13. The summed E-state index contributed by atoms with van der Waals surface area (Å²) < 4.78 is 15.3. The Hall–Kier alpha value is -0.570. The number of ketones is 1. The van der Waals surface area contributed by atoms with E-state index in [0.29, 0.717) is 44.8 Å². The van der Waals surface area contributed by atoms with Gasteiger partial charge in [0.05, 0.1) is 25.9 Å². The van der Waals surface area contributed by atoms with E-state index in [9.17, 15) is 14.4 Å². The fraction of sp³-hybridized carbons (Fsp3) is 0.759. The number of Topliss-reactive ketones (excluding diaryl/α,β-unsaturated/α-hetero) is 1. The van der Waals surface area contributed by atoms with Gasteiger partial charge in [-0.25, -0.2) is 3.53 Å². The minimum atomic E-state index is -0.726. The first kappa shape index (κ1) is 36.5. The summed E-state index contributed by atoms with van der Waals surface area (Å²) in [5.74, 6) is -0.432. The average molecular weight is 774 g/mol. The number of primary amides is 1. The lowest BCUT2D eigenvalue weighted by molar-refractivity contribution is -0.128. The maximum absolute atomic E-state index is 12.9. The maximum Gasteiger partial charge on any atom is 0.240 e. The minimum absolute atomic E-state index is 0.0954. The van der Waals surface area contributed by atoms with Crippen LogP contribution in [0.1, 0.15) is 84.5 Å². The number of rotatable bonds is 25. The van der Waals surface area contributed by atoms with Gasteiger partial charge in [-0.05, 0) is 84.0 Å². The van der Waals surface area contributed by atoms with Gasteiger partial charge in [0, 0.05) is 40.8 Å². The number of nitrogens with two attached hydrogens (primary N) is 1. The van der Waals surface area contributed by atoms with Gasteiger partial charge in [-0.15, -0.1) is 6.58 Å². The number of nitrogens with one attached hydrogen (secondary N) is 2. The van der Waals surface area contributed by atoms with Crippen molar-refractivity contribution in [3.05, 3.63) is 22.8 Å². The smallest absolute Gasteiger partial charge is 0.240 e. The van der Waals surface area contributed by atoms with Crippen LogP contribution in [0.2, 0.25) is 0 Å². The van der Waals surface area contributed by atoms with Crippen LogP contribution in [0.3, 0.4) is 0 Å². The van der Waals surface area contributed by atoms with Crippen molar-refractivity contribution in [2.75, 3.05) is 26.4 Å². The second-order valence-corrected chi connectivity index (χ2v) is 12.7. The van der Waals surface area contributed by atoms with Gasteiger partial charge in [-0.1, -0.05) is 45.3 Å². The predicted octanol–water partition coefficient (Wildman–Crippen LogP) is 5.57. The normalized spacial score (nSPS) is 17.0. The molecule has 4 atom stereocenters. The van der Waals surface area contributed by atoms with Crippen molar-refractivity contribution >= 4 is 63.1 Å². The van der Waals surface area contributed by atoms with Crippen LogP contribution in [0.5, 0.6) is 0 Å². The molecule has 0 bridgehead atoms. The molecular weight excluding hydrogens is 724 g/mol. The number of unbranched alkanes of at least 4 members (excludes halogenated alkanes) is 2. The van der Waals surface area contributed by atoms with E-state index in [0.717, 1.165) is 61.7 Å². The van der Waals surface area contributed by atoms with E-state index in [1.807, 2.05) is 22.9 Å². The molecule has 224 valence electrons. The third-order valence-corrected chi connectivity index (χ3v) is 9.05. The SMILES string of the molecule is C=CC(CCCCC(NI)C(=O)NC(CCCCC(C(=C)I)C(C)=O)C(N)=O)C1(COCCOCCC)CC1. The lowest BCUT2D eigenvalue weighted by atomic mass is 9.85. The van der Waals surface area contributed by atoms with Crippen molar-refractivity contribution in [3.8, 4) is 0 Å². The standard InChI is InChI=1S/C29H49I2N3O5/c1-5-17-38-18-19-39-20-29(15-16-29)23(6-2)11-7-9-14-26(34-31)28(37)33-25(27(32)36)13-10-8-12-24(21(3)30)22(4)35/h6,23-26,34H,2-3,5,7-20H2,1,4H3,(H2,32,36)(H,33,37). The first-order chi connectivity index (χ1) is 18.6. The molecule has 1 aliphatic carbocycles. The van der Waals surface area contributed by atoms with E-state index < -0.39 is 18.0 Å². The highest BCUT2D eigenvalue weighted by atomic mass is 127. The molecule has 1 saturated carbocycles. The van der Waals surface area contributed by atoms with E-state index in [4.69, 9.17) is 15.2 Å². The summed E-state index contributed by atoms with van der Waals surface area (Å²) >= 11 is 4.08. The number of carbonyl (C=O) groups excluding carboxylic acids is 3. The van der Waals surface area contributed by atoms with Gasteiger partial charge in [-0.3, -0.25) is 14.4 Å². The van der Waals surface area contributed by atoms with Crippen molar-refractivity contribution in [1.29, 1.82) is 0 Å². The van der Waals surface area contributed by atoms with Crippen LogP contribution < -0.4 is 14.6 Å². The number of carbonyl (C=O) groups is 3. The predicted molar refractivity (Wildman–Crippen MR) is 174 cm³/mol. The molecule has 4 N–H and O–H groups in total. The lowest BCUT2D eigenvalue weighted by Gasteiger charge is -2.25. The van der Waals surface area contributed by atoms with Gasteiger partial charge >= 0.3 is 0 Å². The van der Waals surface area contributed by atoms with Crippen molar-refractivity contribution in [2.45, 2.75) is 96.6 Å². The quantitative estimate of drug-likeness (QED) is 0.0484. The molecule has 10 heteroatoms.